The molecule has 0 saturated carbocycles. The summed E-state index contributed by atoms with van der Waals surface area (Å²) in [5.74, 6) is 0. The van der Waals surface area contributed by atoms with Gasteiger partial charge in [0.05, 0.1) is 0 Å². The van der Waals surface area contributed by atoms with Crippen molar-refractivity contribution in [3.05, 3.63) is 0 Å². The number of hydrogen-bond acceptors (Lipinski definition) is 3. The van der Waals surface area contributed by atoms with E-state index in [1.165, 1.54) is 0 Å². The fraction of sp³-hybridized carbons (Fsp3) is 1.00. The summed E-state index contributed by atoms with van der Waals surface area (Å²) in [6.45, 7) is 3.13. The Morgan fingerprint density at radius 1 is 0.800 bits per heavy atom. The standard InChI is InChI=1S/C4H13N3.3ClH/c5-1-3-7-4-2-6;;;/h7H,1-6H2;3*1H. The molecule has 0 spiro atoms. The Morgan fingerprint density at radius 3 is 1.30 bits per heavy atom. The summed E-state index contributed by atoms with van der Waals surface area (Å²) in [5, 5.41) is 3.03. The molecule has 0 aliphatic carbocycles. The van der Waals surface area contributed by atoms with E-state index in [1.54, 1.807) is 0 Å². The highest BCUT2D eigenvalue weighted by molar-refractivity contribution is 5.86. The summed E-state index contributed by atoms with van der Waals surface area (Å²) in [5.41, 5.74) is 10.3. The summed E-state index contributed by atoms with van der Waals surface area (Å²) in [4.78, 5) is 0. The van der Waals surface area contributed by atoms with Gasteiger partial charge in [0, 0.05) is 26.2 Å². The van der Waals surface area contributed by atoms with Gasteiger partial charge in [0.15, 0.2) is 0 Å². The van der Waals surface area contributed by atoms with Crippen LogP contribution in [0.4, 0.5) is 0 Å². The summed E-state index contributed by atoms with van der Waals surface area (Å²) >= 11 is 0. The molecule has 10 heavy (non-hydrogen) atoms. The lowest BCUT2D eigenvalue weighted by Gasteiger charge is -1.95. The molecule has 6 heteroatoms. The van der Waals surface area contributed by atoms with E-state index in [0.717, 1.165) is 13.1 Å². The third-order valence-corrected chi connectivity index (χ3v) is 0.642. The lowest BCUT2D eigenvalue weighted by Crippen LogP contribution is -2.27. The van der Waals surface area contributed by atoms with Gasteiger partial charge in [0.1, 0.15) is 0 Å². The first-order valence-corrected chi connectivity index (χ1v) is 2.52. The first-order valence-electron chi connectivity index (χ1n) is 2.52. The van der Waals surface area contributed by atoms with Crippen LogP contribution in [0.15, 0.2) is 0 Å². The normalized spacial score (nSPS) is 6.60. The van der Waals surface area contributed by atoms with Gasteiger partial charge in [-0.1, -0.05) is 0 Å². The highest BCUT2D eigenvalue weighted by Gasteiger charge is 1.76. The number of nitrogens with two attached hydrogens (primary N) is 2. The maximum atomic E-state index is 5.17. The molecule has 0 rings (SSSR count). The van der Waals surface area contributed by atoms with Crippen LogP contribution in [0.2, 0.25) is 0 Å². The van der Waals surface area contributed by atoms with Crippen LogP contribution in [-0.2, 0) is 0 Å². The molecule has 0 aliphatic heterocycles. The predicted octanol–water partition coefficient (Wildman–Crippen LogP) is -0.241. The minimum absolute atomic E-state index is 0. The Morgan fingerprint density at radius 2 is 1.10 bits per heavy atom. The zero-order chi connectivity index (χ0) is 5.54. The Hall–Kier alpha value is 0.750. The molecule has 0 unspecified atom stereocenters. The molecule has 5 N–H and O–H groups in total. The quantitative estimate of drug-likeness (QED) is 0.564. The van der Waals surface area contributed by atoms with E-state index >= 15 is 0 Å². The molecule has 0 heterocycles. The maximum absolute atomic E-state index is 5.17. The molecule has 0 atom stereocenters. The molecule has 0 aromatic rings. The number of rotatable bonds is 4. The number of hydrogen-bond donors (Lipinski definition) is 3. The first kappa shape index (κ1) is 22.4. The molecule has 0 aromatic carbocycles. The average molecular weight is 213 g/mol. The van der Waals surface area contributed by atoms with Crippen molar-refractivity contribution in [1.82, 2.24) is 5.32 Å². The second kappa shape index (κ2) is 22.6. The van der Waals surface area contributed by atoms with Crippen molar-refractivity contribution in [2.45, 2.75) is 0 Å². The van der Waals surface area contributed by atoms with Crippen molar-refractivity contribution in [2.24, 2.45) is 11.5 Å². The average Bonchev–Trinajstić information content (AvgIpc) is 1.69. The fourth-order valence-corrected chi connectivity index (χ4v) is 0.329. The monoisotopic (exact) mass is 211 g/mol. The second-order valence-corrected chi connectivity index (χ2v) is 1.33. The third kappa shape index (κ3) is 23.3. The van der Waals surface area contributed by atoms with Gasteiger partial charge in [-0.2, -0.15) is 0 Å². The fourth-order valence-electron chi connectivity index (χ4n) is 0.329. The molecular formula is C4H16Cl3N3. The summed E-state index contributed by atoms with van der Waals surface area (Å²) in [6.07, 6.45) is 0. The lowest BCUT2D eigenvalue weighted by molar-refractivity contribution is 0.696. The Balaban J connectivity index is -0.0000000600. The first-order chi connectivity index (χ1) is 3.41. The minimum Gasteiger partial charge on any atom is -0.329 e. The van der Waals surface area contributed by atoms with Crippen molar-refractivity contribution >= 4 is 37.2 Å². The van der Waals surface area contributed by atoms with Crippen LogP contribution in [0.3, 0.4) is 0 Å². The Bertz CT molecular complexity index is 34.9. The van der Waals surface area contributed by atoms with E-state index in [0.29, 0.717) is 13.1 Å². The van der Waals surface area contributed by atoms with E-state index in [2.05, 4.69) is 5.32 Å². The van der Waals surface area contributed by atoms with Gasteiger partial charge in [-0.15, -0.1) is 37.2 Å². The van der Waals surface area contributed by atoms with Crippen LogP contribution < -0.4 is 16.8 Å². The van der Waals surface area contributed by atoms with E-state index in [9.17, 15) is 0 Å². The Labute approximate surface area is 80.5 Å². The third-order valence-electron chi connectivity index (χ3n) is 0.642. The molecule has 0 bridgehead atoms. The zero-order valence-electron chi connectivity index (χ0n) is 5.71. The van der Waals surface area contributed by atoms with Crippen LogP contribution in [-0.4, -0.2) is 26.2 Å². The minimum atomic E-state index is 0. The summed E-state index contributed by atoms with van der Waals surface area (Å²) in [6, 6.07) is 0. The molecule has 0 radical (unpaired) electrons. The van der Waals surface area contributed by atoms with Gasteiger partial charge in [0.25, 0.3) is 0 Å². The van der Waals surface area contributed by atoms with E-state index in [1.807, 2.05) is 0 Å². The second-order valence-electron chi connectivity index (χ2n) is 1.33. The van der Waals surface area contributed by atoms with Crippen LogP contribution in [0.25, 0.3) is 0 Å². The van der Waals surface area contributed by atoms with Crippen molar-refractivity contribution in [3.8, 4) is 0 Å². The van der Waals surface area contributed by atoms with Crippen LogP contribution in [0, 0.1) is 0 Å². The highest BCUT2D eigenvalue weighted by Crippen LogP contribution is 1.49. The van der Waals surface area contributed by atoms with E-state index in [4.69, 9.17) is 11.5 Å². The van der Waals surface area contributed by atoms with Gasteiger partial charge in [-0.3, -0.25) is 0 Å². The van der Waals surface area contributed by atoms with Crippen molar-refractivity contribution in [1.29, 1.82) is 0 Å². The van der Waals surface area contributed by atoms with Crippen LogP contribution in [0.5, 0.6) is 0 Å². The molecule has 0 saturated heterocycles. The van der Waals surface area contributed by atoms with Gasteiger partial charge in [-0.25, -0.2) is 0 Å². The van der Waals surface area contributed by atoms with E-state index in [-0.39, 0.29) is 37.2 Å². The largest absolute Gasteiger partial charge is 0.329 e. The van der Waals surface area contributed by atoms with Crippen LogP contribution >= 0.6 is 37.2 Å². The molecular weight excluding hydrogens is 196 g/mol. The zero-order valence-corrected chi connectivity index (χ0v) is 8.16. The van der Waals surface area contributed by atoms with Crippen molar-refractivity contribution in [3.63, 3.8) is 0 Å². The molecule has 0 aromatic heterocycles. The van der Waals surface area contributed by atoms with Crippen molar-refractivity contribution < 1.29 is 0 Å². The topological polar surface area (TPSA) is 64.1 Å². The SMILES string of the molecule is Cl.Cl.Cl.NCCNCCN. The van der Waals surface area contributed by atoms with Gasteiger partial charge in [0.2, 0.25) is 0 Å². The molecule has 0 fully saturated rings. The van der Waals surface area contributed by atoms with E-state index < -0.39 is 0 Å². The Kier molecular flexibility index (Phi) is 50.6. The predicted molar refractivity (Wildman–Crippen MR) is 52.7 cm³/mol. The van der Waals surface area contributed by atoms with Crippen LogP contribution in [0.1, 0.15) is 0 Å². The lowest BCUT2D eigenvalue weighted by atomic mass is 10.6. The maximum Gasteiger partial charge on any atom is 0.00750 e. The van der Waals surface area contributed by atoms with Gasteiger partial charge < -0.3 is 16.8 Å². The highest BCUT2D eigenvalue weighted by atomic mass is 35.5. The smallest absolute Gasteiger partial charge is 0.00750 e. The van der Waals surface area contributed by atoms with Gasteiger partial charge >= 0.3 is 0 Å². The summed E-state index contributed by atoms with van der Waals surface area (Å²) in [7, 11) is 0. The molecule has 3 nitrogen and oxygen atoms in total. The number of halogens is 3. The molecule has 0 aliphatic rings. The molecule has 68 valence electrons. The van der Waals surface area contributed by atoms with Crippen molar-refractivity contribution in [2.75, 3.05) is 26.2 Å². The molecule has 0 amide bonds. The van der Waals surface area contributed by atoms with Gasteiger partial charge in [-0.05, 0) is 0 Å². The summed E-state index contributed by atoms with van der Waals surface area (Å²) < 4.78 is 0. The number of nitrogens with one attached hydrogen (secondary N) is 1.